The fourth-order valence-corrected chi connectivity index (χ4v) is 3.11. The maximum atomic E-state index is 3.51. The highest BCUT2D eigenvalue weighted by Gasteiger charge is 2.11. The van der Waals surface area contributed by atoms with Gasteiger partial charge in [0.25, 0.3) is 0 Å². The molecule has 0 saturated carbocycles. The predicted octanol–water partition coefficient (Wildman–Crippen LogP) is 6.06. The molecule has 1 heterocycles. The van der Waals surface area contributed by atoms with E-state index in [1.807, 2.05) is 0 Å². The van der Waals surface area contributed by atoms with Crippen molar-refractivity contribution in [3.05, 3.63) is 89.4 Å². The zero-order valence-electron chi connectivity index (χ0n) is 11.9. The van der Waals surface area contributed by atoms with Crippen molar-refractivity contribution < 1.29 is 0 Å². The molecule has 0 radical (unpaired) electrons. The summed E-state index contributed by atoms with van der Waals surface area (Å²) >= 11 is 3.51. The topological polar surface area (TPSA) is 4.93 Å². The van der Waals surface area contributed by atoms with Gasteiger partial charge in [0.1, 0.15) is 0 Å². The summed E-state index contributed by atoms with van der Waals surface area (Å²) in [6.07, 6.45) is 0. The molecule has 22 heavy (non-hydrogen) atoms. The molecule has 4 rings (SSSR count). The molecule has 106 valence electrons. The smallest absolute Gasteiger partial charge is 0.0540 e. The van der Waals surface area contributed by atoms with Crippen LogP contribution in [0, 0.1) is 0 Å². The third-order valence-electron chi connectivity index (χ3n) is 3.87. The Hall–Kier alpha value is -2.32. The van der Waals surface area contributed by atoms with Gasteiger partial charge in [-0.15, -0.1) is 0 Å². The van der Waals surface area contributed by atoms with Crippen LogP contribution in [0.25, 0.3) is 27.8 Å². The molecule has 0 N–H and O–H groups in total. The predicted molar refractivity (Wildman–Crippen MR) is 96.4 cm³/mol. The molecule has 1 aromatic heterocycles. The van der Waals surface area contributed by atoms with E-state index in [1.54, 1.807) is 0 Å². The molecule has 4 aromatic rings. The molecule has 0 spiro atoms. The van der Waals surface area contributed by atoms with Crippen LogP contribution < -0.4 is 0 Å². The van der Waals surface area contributed by atoms with E-state index in [9.17, 15) is 0 Å². The Balaban J connectivity index is 2.04. The Kier molecular flexibility index (Phi) is 3.32. The maximum Gasteiger partial charge on any atom is 0.0540 e. The molecule has 0 aliphatic carbocycles. The van der Waals surface area contributed by atoms with Crippen LogP contribution in [0.2, 0.25) is 0 Å². The number of aromatic nitrogens is 1. The van der Waals surface area contributed by atoms with Gasteiger partial charge in [0.05, 0.1) is 11.2 Å². The summed E-state index contributed by atoms with van der Waals surface area (Å²) in [7, 11) is 0. The molecule has 0 amide bonds. The number of hydrogen-bond acceptors (Lipinski definition) is 0. The third-order valence-corrected chi connectivity index (χ3v) is 4.39. The standard InChI is InChI=1S/C20H14BrN/c21-17-10-12-18(13-11-17)22-19-9-5-4-8-16(19)14-20(22)15-6-2-1-3-7-15/h1-14H. The molecular formula is C20H14BrN. The quantitative estimate of drug-likeness (QED) is 0.415. The molecule has 0 atom stereocenters. The summed E-state index contributed by atoms with van der Waals surface area (Å²) in [5, 5.41) is 1.25. The van der Waals surface area contributed by atoms with E-state index < -0.39 is 0 Å². The highest BCUT2D eigenvalue weighted by Crippen LogP contribution is 2.31. The number of para-hydroxylation sites is 1. The summed E-state index contributed by atoms with van der Waals surface area (Å²) in [6.45, 7) is 0. The molecule has 0 aliphatic rings. The highest BCUT2D eigenvalue weighted by atomic mass is 79.9. The number of hydrogen-bond donors (Lipinski definition) is 0. The van der Waals surface area contributed by atoms with Crippen LogP contribution in [0.1, 0.15) is 0 Å². The van der Waals surface area contributed by atoms with E-state index in [4.69, 9.17) is 0 Å². The highest BCUT2D eigenvalue weighted by molar-refractivity contribution is 9.10. The molecule has 0 saturated heterocycles. The summed E-state index contributed by atoms with van der Waals surface area (Å²) in [6, 6.07) is 29.7. The monoisotopic (exact) mass is 347 g/mol. The third kappa shape index (κ3) is 2.26. The van der Waals surface area contributed by atoms with Crippen LogP contribution in [-0.2, 0) is 0 Å². The van der Waals surface area contributed by atoms with Crippen LogP contribution in [0.5, 0.6) is 0 Å². The number of rotatable bonds is 2. The number of halogens is 1. The van der Waals surface area contributed by atoms with Gasteiger partial charge in [-0.05, 0) is 42.0 Å². The van der Waals surface area contributed by atoms with Crippen LogP contribution in [0.4, 0.5) is 0 Å². The average molecular weight is 348 g/mol. The summed E-state index contributed by atoms with van der Waals surface area (Å²) in [4.78, 5) is 0. The van der Waals surface area contributed by atoms with Crippen LogP contribution in [0.3, 0.4) is 0 Å². The van der Waals surface area contributed by atoms with E-state index in [0.717, 1.165) is 4.47 Å². The Bertz CT molecular complexity index is 921. The number of nitrogens with zero attached hydrogens (tertiary/aromatic N) is 1. The van der Waals surface area contributed by atoms with Gasteiger partial charge in [0, 0.05) is 15.5 Å². The van der Waals surface area contributed by atoms with Crippen molar-refractivity contribution in [1.29, 1.82) is 0 Å². The van der Waals surface area contributed by atoms with Crippen molar-refractivity contribution in [3.8, 4) is 16.9 Å². The summed E-state index contributed by atoms with van der Waals surface area (Å²) in [5.74, 6) is 0. The maximum absolute atomic E-state index is 3.51. The van der Waals surface area contributed by atoms with Gasteiger partial charge < -0.3 is 4.57 Å². The van der Waals surface area contributed by atoms with Gasteiger partial charge in [-0.3, -0.25) is 0 Å². The molecule has 0 fully saturated rings. The Morgan fingerprint density at radius 3 is 2.14 bits per heavy atom. The van der Waals surface area contributed by atoms with E-state index >= 15 is 0 Å². The largest absolute Gasteiger partial charge is 0.309 e. The lowest BCUT2D eigenvalue weighted by Gasteiger charge is -2.11. The lowest BCUT2D eigenvalue weighted by molar-refractivity contribution is 1.13. The zero-order valence-corrected chi connectivity index (χ0v) is 13.5. The van der Waals surface area contributed by atoms with Crippen molar-refractivity contribution in [2.45, 2.75) is 0 Å². The SMILES string of the molecule is Brc1ccc(-n2c(-c3ccccc3)cc3ccccc32)cc1. The molecular weight excluding hydrogens is 334 g/mol. The lowest BCUT2D eigenvalue weighted by Crippen LogP contribution is -1.96. The molecule has 0 unspecified atom stereocenters. The second-order valence-electron chi connectivity index (χ2n) is 5.27. The van der Waals surface area contributed by atoms with Crippen LogP contribution in [0.15, 0.2) is 89.4 Å². The number of benzene rings is 3. The first-order valence-corrected chi connectivity index (χ1v) is 8.04. The molecule has 0 bridgehead atoms. The lowest BCUT2D eigenvalue weighted by atomic mass is 10.1. The molecule has 1 nitrogen and oxygen atoms in total. The fraction of sp³-hybridized carbons (Fsp3) is 0. The Morgan fingerprint density at radius 1 is 0.682 bits per heavy atom. The second-order valence-corrected chi connectivity index (χ2v) is 6.18. The Labute approximate surface area is 138 Å². The molecule has 0 aliphatic heterocycles. The van der Waals surface area contributed by atoms with Crippen molar-refractivity contribution >= 4 is 26.8 Å². The van der Waals surface area contributed by atoms with Gasteiger partial charge in [-0.1, -0.05) is 64.5 Å². The zero-order chi connectivity index (χ0) is 14.9. The van der Waals surface area contributed by atoms with Crippen molar-refractivity contribution in [1.82, 2.24) is 4.57 Å². The first kappa shape index (κ1) is 13.4. The minimum absolute atomic E-state index is 1.09. The fourth-order valence-electron chi connectivity index (χ4n) is 2.84. The summed E-state index contributed by atoms with van der Waals surface area (Å²) < 4.78 is 3.41. The van der Waals surface area contributed by atoms with Crippen molar-refractivity contribution in [2.75, 3.05) is 0 Å². The van der Waals surface area contributed by atoms with Gasteiger partial charge >= 0.3 is 0 Å². The van der Waals surface area contributed by atoms with E-state index in [1.165, 1.54) is 27.8 Å². The normalized spacial score (nSPS) is 11.0. The minimum atomic E-state index is 1.09. The van der Waals surface area contributed by atoms with Gasteiger partial charge in [-0.25, -0.2) is 0 Å². The average Bonchev–Trinajstić information content (AvgIpc) is 2.96. The molecule has 2 heteroatoms. The van der Waals surface area contributed by atoms with Gasteiger partial charge in [0.15, 0.2) is 0 Å². The first-order valence-electron chi connectivity index (χ1n) is 7.25. The molecule has 3 aromatic carbocycles. The Morgan fingerprint density at radius 2 is 1.36 bits per heavy atom. The van der Waals surface area contributed by atoms with Gasteiger partial charge in [-0.2, -0.15) is 0 Å². The summed E-state index contributed by atoms with van der Waals surface area (Å²) in [5.41, 5.74) is 4.83. The van der Waals surface area contributed by atoms with E-state index in [2.05, 4.69) is 105 Å². The van der Waals surface area contributed by atoms with E-state index in [-0.39, 0.29) is 0 Å². The number of fused-ring (bicyclic) bond motifs is 1. The van der Waals surface area contributed by atoms with Crippen LogP contribution in [-0.4, -0.2) is 4.57 Å². The van der Waals surface area contributed by atoms with E-state index in [0.29, 0.717) is 0 Å². The van der Waals surface area contributed by atoms with Crippen LogP contribution >= 0.6 is 15.9 Å². The van der Waals surface area contributed by atoms with Crippen molar-refractivity contribution in [2.24, 2.45) is 0 Å². The first-order chi connectivity index (χ1) is 10.8. The van der Waals surface area contributed by atoms with Crippen molar-refractivity contribution in [3.63, 3.8) is 0 Å². The van der Waals surface area contributed by atoms with Gasteiger partial charge in [0.2, 0.25) is 0 Å². The second kappa shape index (κ2) is 5.47. The minimum Gasteiger partial charge on any atom is -0.309 e.